The van der Waals surface area contributed by atoms with Crippen molar-refractivity contribution in [2.45, 2.75) is 13.3 Å². The van der Waals surface area contributed by atoms with E-state index in [1.807, 2.05) is 6.07 Å². The number of Topliss-reactive ketones (excluding diaryl/α,β-unsaturated/α-hetero) is 1. The van der Waals surface area contributed by atoms with Gasteiger partial charge in [0.1, 0.15) is 0 Å². The highest BCUT2D eigenvalue weighted by Crippen LogP contribution is 2.43. The molecule has 0 aliphatic rings. The second-order valence-corrected chi connectivity index (χ2v) is 10.3. The smallest absolute Gasteiger partial charge is 0.276 e. The first kappa shape index (κ1) is 17.7. The van der Waals surface area contributed by atoms with Crippen LogP contribution in [0.4, 0.5) is 0 Å². The molecule has 0 heterocycles. The summed E-state index contributed by atoms with van der Waals surface area (Å²) in [5.74, 6) is -0.206. The first-order chi connectivity index (χ1) is 9.69. The number of nitriles is 1. The fourth-order valence-corrected chi connectivity index (χ4v) is 5.73. The quantitative estimate of drug-likeness (QED) is 0.718. The molecule has 0 spiro atoms. The van der Waals surface area contributed by atoms with Crippen LogP contribution in [-0.4, -0.2) is 38.2 Å². The topological polar surface area (TPSA) is 84.2 Å². The van der Waals surface area contributed by atoms with Crippen molar-refractivity contribution in [1.82, 2.24) is 0 Å². The summed E-state index contributed by atoms with van der Waals surface area (Å²) in [7, 11) is -5.61. The number of benzene rings is 1. The third kappa shape index (κ3) is 5.87. The number of nitrogens with zero attached hydrogens (tertiary/aromatic N) is 1. The maximum atomic E-state index is 12.2. The van der Waals surface area contributed by atoms with E-state index < -0.39 is 20.4 Å². The van der Waals surface area contributed by atoms with Crippen LogP contribution in [0.2, 0.25) is 0 Å². The summed E-state index contributed by atoms with van der Waals surface area (Å²) in [5, 5.41) is 8.71. The van der Waals surface area contributed by atoms with E-state index >= 15 is 0 Å². The van der Waals surface area contributed by atoms with Crippen molar-refractivity contribution in [3.8, 4) is 6.07 Å². The maximum absolute atomic E-state index is 12.2. The maximum Gasteiger partial charge on any atom is 0.276 e. The Morgan fingerprint density at radius 1 is 1.24 bits per heavy atom. The lowest BCUT2D eigenvalue weighted by Gasteiger charge is -2.28. The molecule has 1 rings (SSSR count). The minimum Gasteiger partial charge on any atom is -0.293 e. The van der Waals surface area contributed by atoms with Crippen LogP contribution in [0, 0.1) is 11.3 Å². The van der Waals surface area contributed by atoms with E-state index in [0.29, 0.717) is 17.5 Å². The summed E-state index contributed by atoms with van der Waals surface area (Å²) in [6.07, 6.45) is 3.78. The van der Waals surface area contributed by atoms with Gasteiger partial charge in [-0.2, -0.15) is 13.7 Å². The van der Waals surface area contributed by atoms with Gasteiger partial charge in [-0.15, -0.1) is 10.3 Å². The van der Waals surface area contributed by atoms with Crippen LogP contribution in [0.25, 0.3) is 0 Å². The lowest BCUT2D eigenvalue weighted by molar-refractivity contribution is 0.102. The Morgan fingerprint density at radius 2 is 1.81 bits per heavy atom. The Balaban J connectivity index is 2.78. The molecule has 0 aliphatic heterocycles. The van der Waals surface area contributed by atoms with Gasteiger partial charge < -0.3 is 0 Å². The second-order valence-electron chi connectivity index (χ2n) is 5.02. The van der Waals surface area contributed by atoms with E-state index in [9.17, 15) is 13.2 Å². The molecule has 5 nitrogen and oxygen atoms in total. The fourth-order valence-electron chi connectivity index (χ4n) is 1.72. The zero-order valence-corrected chi connectivity index (χ0v) is 14.0. The molecule has 0 aliphatic carbocycles. The molecule has 0 fully saturated rings. The predicted molar refractivity (Wildman–Crippen MR) is 85.0 cm³/mol. The zero-order chi connectivity index (χ0) is 16.1. The van der Waals surface area contributed by atoms with Crippen LogP contribution in [0.5, 0.6) is 0 Å². The Bertz CT molecular complexity index is 643. The second kappa shape index (κ2) is 7.07. The normalized spacial score (nSPS) is 12.7. The Morgan fingerprint density at radius 3 is 2.29 bits per heavy atom. The summed E-state index contributed by atoms with van der Waals surface area (Å²) >= 11 is 0. The van der Waals surface area contributed by atoms with Crippen LogP contribution in [-0.2, 0) is 13.7 Å². The third-order valence-corrected chi connectivity index (χ3v) is 6.73. The van der Waals surface area contributed by atoms with E-state index in [1.54, 1.807) is 43.7 Å². The van der Waals surface area contributed by atoms with E-state index in [2.05, 4.69) is 0 Å². The summed E-state index contributed by atoms with van der Waals surface area (Å²) in [6, 6.07) is 8.23. The van der Waals surface area contributed by atoms with Gasteiger partial charge in [-0.05, 0) is 31.1 Å². The Kier molecular flexibility index (Phi) is 5.96. The summed E-state index contributed by atoms with van der Waals surface area (Å²) in [4.78, 5) is 12.2. The van der Waals surface area contributed by atoms with Crippen molar-refractivity contribution < 1.29 is 16.8 Å². The van der Waals surface area contributed by atoms with Gasteiger partial charge in [0.05, 0.1) is 23.1 Å². The molecule has 1 aromatic rings. The standard InChI is InChI=1S/C14H19NO4S2/c1-4-9-21(17,18)19-20(2,3)11-14(16)13-7-5-12(10-15)6-8-13/h5-8H,4,9,11H2,1-3H3. The molecule has 0 atom stereocenters. The van der Waals surface area contributed by atoms with Crippen molar-refractivity contribution in [3.63, 3.8) is 0 Å². The number of rotatable bonds is 7. The Hall–Kier alpha value is -1.36. The number of ketones is 1. The van der Waals surface area contributed by atoms with Crippen LogP contribution in [0.15, 0.2) is 24.3 Å². The molecule has 7 heteroatoms. The highest BCUT2D eigenvalue weighted by molar-refractivity contribution is 8.32. The minimum atomic E-state index is -3.59. The first-order valence-corrected chi connectivity index (χ1v) is 10.5. The lowest BCUT2D eigenvalue weighted by Crippen LogP contribution is -2.19. The first-order valence-electron chi connectivity index (χ1n) is 6.37. The molecular formula is C14H19NO4S2. The third-order valence-electron chi connectivity index (χ3n) is 2.56. The van der Waals surface area contributed by atoms with Gasteiger partial charge in [-0.1, -0.05) is 19.1 Å². The van der Waals surface area contributed by atoms with E-state index in [-0.39, 0.29) is 17.3 Å². The highest BCUT2D eigenvalue weighted by Gasteiger charge is 2.25. The average molecular weight is 329 g/mol. The van der Waals surface area contributed by atoms with Gasteiger partial charge in [0.2, 0.25) is 0 Å². The van der Waals surface area contributed by atoms with Crippen LogP contribution in [0.1, 0.15) is 29.3 Å². The SMILES string of the molecule is CCCS(=O)(=O)OS(C)(C)CC(=O)c1ccc(C#N)cc1. The molecule has 0 aromatic heterocycles. The van der Waals surface area contributed by atoms with Gasteiger partial charge >= 0.3 is 0 Å². The molecule has 0 N–H and O–H groups in total. The van der Waals surface area contributed by atoms with Crippen molar-refractivity contribution in [2.75, 3.05) is 24.0 Å². The van der Waals surface area contributed by atoms with Crippen LogP contribution < -0.4 is 0 Å². The molecule has 116 valence electrons. The van der Waals surface area contributed by atoms with Crippen molar-refractivity contribution >= 4 is 26.2 Å². The molecule has 0 unspecified atom stereocenters. The van der Waals surface area contributed by atoms with Gasteiger partial charge in [0.25, 0.3) is 10.1 Å². The number of hydrogen-bond donors (Lipinski definition) is 0. The predicted octanol–water partition coefficient (Wildman–Crippen LogP) is 2.48. The lowest BCUT2D eigenvalue weighted by atomic mass is 10.1. The summed E-state index contributed by atoms with van der Waals surface area (Å²) < 4.78 is 28.6. The molecule has 0 radical (unpaired) electrons. The molecular weight excluding hydrogens is 310 g/mol. The molecule has 0 amide bonds. The summed E-state index contributed by atoms with van der Waals surface area (Å²) in [5.41, 5.74) is 0.922. The van der Waals surface area contributed by atoms with Gasteiger partial charge in [-0.3, -0.25) is 4.79 Å². The molecule has 0 bridgehead atoms. The number of carbonyl (C=O) groups is 1. The average Bonchev–Trinajstić information content (AvgIpc) is 2.36. The van der Waals surface area contributed by atoms with E-state index in [1.165, 1.54) is 0 Å². The molecule has 1 aromatic carbocycles. The molecule has 0 saturated carbocycles. The van der Waals surface area contributed by atoms with Gasteiger partial charge in [-0.25, -0.2) is 3.63 Å². The highest BCUT2D eigenvalue weighted by atomic mass is 32.3. The fraction of sp³-hybridized carbons (Fsp3) is 0.429. The summed E-state index contributed by atoms with van der Waals surface area (Å²) in [6.45, 7) is 1.76. The van der Waals surface area contributed by atoms with E-state index in [4.69, 9.17) is 8.89 Å². The van der Waals surface area contributed by atoms with Crippen LogP contribution >= 0.6 is 10.3 Å². The molecule has 21 heavy (non-hydrogen) atoms. The Labute approximate surface area is 127 Å². The van der Waals surface area contributed by atoms with Gasteiger partial charge in [0, 0.05) is 5.56 Å². The number of carbonyl (C=O) groups excluding carboxylic acids is 1. The van der Waals surface area contributed by atoms with Crippen molar-refractivity contribution in [3.05, 3.63) is 35.4 Å². The zero-order valence-electron chi connectivity index (χ0n) is 12.3. The largest absolute Gasteiger partial charge is 0.293 e. The van der Waals surface area contributed by atoms with Gasteiger partial charge in [0.15, 0.2) is 5.78 Å². The van der Waals surface area contributed by atoms with E-state index in [0.717, 1.165) is 0 Å². The van der Waals surface area contributed by atoms with Crippen molar-refractivity contribution in [2.24, 2.45) is 0 Å². The number of hydrogen-bond acceptors (Lipinski definition) is 5. The minimum absolute atomic E-state index is 0.0296. The van der Waals surface area contributed by atoms with Crippen LogP contribution in [0.3, 0.4) is 0 Å². The van der Waals surface area contributed by atoms with Crippen molar-refractivity contribution in [1.29, 1.82) is 5.26 Å². The molecule has 0 saturated heterocycles. The monoisotopic (exact) mass is 329 g/mol.